The van der Waals surface area contributed by atoms with Crippen molar-refractivity contribution in [2.45, 2.75) is 13.3 Å². The third-order valence-corrected chi connectivity index (χ3v) is 2.87. The number of aryl methyl sites for hydroxylation is 1. The molecule has 1 aliphatic rings. The predicted octanol–water partition coefficient (Wildman–Crippen LogP) is 2.96. The lowest BCUT2D eigenvalue weighted by molar-refractivity contribution is 1.12. The molecule has 16 heavy (non-hydrogen) atoms. The van der Waals surface area contributed by atoms with E-state index >= 15 is 0 Å². The number of nitrogens with two attached hydrogens (primary N) is 1. The molecular formula is C14H16N2. The van der Waals surface area contributed by atoms with Crippen LogP contribution >= 0.6 is 0 Å². The van der Waals surface area contributed by atoms with Gasteiger partial charge in [0.25, 0.3) is 0 Å². The Hall–Kier alpha value is -1.96. The Bertz CT molecular complexity index is 495. The van der Waals surface area contributed by atoms with Gasteiger partial charge in [-0.15, -0.1) is 0 Å². The van der Waals surface area contributed by atoms with E-state index in [9.17, 15) is 0 Å². The second kappa shape index (κ2) is 3.89. The van der Waals surface area contributed by atoms with Gasteiger partial charge in [-0.3, -0.25) is 0 Å². The van der Waals surface area contributed by atoms with E-state index in [0.29, 0.717) is 5.70 Å². The summed E-state index contributed by atoms with van der Waals surface area (Å²) in [4.78, 5) is 0. The van der Waals surface area contributed by atoms with Crippen LogP contribution in [0.3, 0.4) is 0 Å². The first kappa shape index (κ1) is 10.6. The maximum Gasteiger partial charge on any atom is 0.0698 e. The smallest absolute Gasteiger partial charge is 0.0698 e. The summed E-state index contributed by atoms with van der Waals surface area (Å²) in [6, 6.07) is 8.29. The Balaban J connectivity index is 2.22. The zero-order valence-corrected chi connectivity index (χ0v) is 9.51. The van der Waals surface area contributed by atoms with Gasteiger partial charge in [0.2, 0.25) is 0 Å². The van der Waals surface area contributed by atoms with Gasteiger partial charge in [0, 0.05) is 16.8 Å². The van der Waals surface area contributed by atoms with E-state index in [4.69, 9.17) is 5.73 Å². The highest BCUT2D eigenvalue weighted by atomic mass is 14.9. The summed E-state index contributed by atoms with van der Waals surface area (Å²) in [6.07, 6.45) is 1.03. The molecule has 0 bridgehead atoms. The average molecular weight is 212 g/mol. The molecule has 0 saturated carbocycles. The molecule has 3 N–H and O–H groups in total. The molecule has 0 spiro atoms. The second-order valence-electron chi connectivity index (χ2n) is 3.92. The molecule has 0 radical (unpaired) electrons. The standard InChI is InChI=1S/C14H16N2/c1-4-11-6-5-7-12(8-11)16-14-10(3)9(2)13(14)15/h5-8,16H,2-4,15H2,1H3. The lowest BCUT2D eigenvalue weighted by Gasteiger charge is -2.27. The van der Waals surface area contributed by atoms with E-state index in [-0.39, 0.29) is 0 Å². The zero-order chi connectivity index (χ0) is 11.7. The fourth-order valence-electron chi connectivity index (χ4n) is 1.72. The number of anilines is 1. The molecule has 0 unspecified atom stereocenters. The van der Waals surface area contributed by atoms with Gasteiger partial charge in [-0.25, -0.2) is 0 Å². The van der Waals surface area contributed by atoms with Crippen LogP contribution in [0.4, 0.5) is 5.69 Å². The first-order valence-corrected chi connectivity index (χ1v) is 5.38. The van der Waals surface area contributed by atoms with Gasteiger partial charge in [-0.1, -0.05) is 32.2 Å². The van der Waals surface area contributed by atoms with Crippen molar-refractivity contribution >= 4 is 5.69 Å². The van der Waals surface area contributed by atoms with Crippen molar-refractivity contribution < 1.29 is 0 Å². The monoisotopic (exact) mass is 212 g/mol. The Morgan fingerprint density at radius 1 is 1.25 bits per heavy atom. The summed E-state index contributed by atoms with van der Waals surface area (Å²) in [5, 5.41) is 3.28. The SMILES string of the molecule is C=C1C(=C)C(Nc2cccc(CC)c2)=C1N. The quantitative estimate of drug-likeness (QED) is 0.808. The summed E-state index contributed by atoms with van der Waals surface area (Å²) >= 11 is 0. The summed E-state index contributed by atoms with van der Waals surface area (Å²) < 4.78 is 0. The third-order valence-electron chi connectivity index (χ3n) is 2.87. The van der Waals surface area contributed by atoms with Gasteiger partial charge in [-0.05, 0) is 24.1 Å². The lowest BCUT2D eigenvalue weighted by atomic mass is 9.90. The summed E-state index contributed by atoms with van der Waals surface area (Å²) in [6.45, 7) is 9.87. The van der Waals surface area contributed by atoms with Crippen molar-refractivity contribution in [2.24, 2.45) is 5.73 Å². The predicted molar refractivity (Wildman–Crippen MR) is 68.9 cm³/mol. The van der Waals surface area contributed by atoms with E-state index in [1.807, 2.05) is 12.1 Å². The van der Waals surface area contributed by atoms with Gasteiger partial charge in [0.05, 0.1) is 11.4 Å². The summed E-state index contributed by atoms with van der Waals surface area (Å²) in [7, 11) is 0. The van der Waals surface area contributed by atoms with Gasteiger partial charge >= 0.3 is 0 Å². The highest BCUT2D eigenvalue weighted by Gasteiger charge is 2.23. The van der Waals surface area contributed by atoms with Crippen molar-refractivity contribution in [3.63, 3.8) is 0 Å². The average Bonchev–Trinajstić information content (AvgIpc) is 2.34. The minimum absolute atomic E-state index is 0.715. The maximum atomic E-state index is 5.83. The first-order chi connectivity index (χ1) is 7.63. The van der Waals surface area contributed by atoms with Crippen LogP contribution in [0.5, 0.6) is 0 Å². The summed E-state index contributed by atoms with van der Waals surface area (Å²) in [5.41, 5.74) is 11.5. The molecule has 2 heteroatoms. The molecule has 0 saturated heterocycles. The Labute approximate surface area is 96.2 Å². The van der Waals surface area contributed by atoms with E-state index < -0.39 is 0 Å². The molecular weight excluding hydrogens is 196 g/mol. The molecule has 0 amide bonds. The van der Waals surface area contributed by atoms with Crippen molar-refractivity contribution in [1.82, 2.24) is 0 Å². The first-order valence-electron chi connectivity index (χ1n) is 5.38. The van der Waals surface area contributed by atoms with E-state index in [1.54, 1.807) is 0 Å². The molecule has 0 fully saturated rings. The number of rotatable bonds is 3. The minimum atomic E-state index is 0.715. The van der Waals surface area contributed by atoms with Crippen LogP contribution in [0.25, 0.3) is 0 Å². The van der Waals surface area contributed by atoms with Gasteiger partial charge in [0.15, 0.2) is 0 Å². The van der Waals surface area contributed by atoms with Crippen molar-refractivity contribution in [1.29, 1.82) is 0 Å². The fraction of sp³-hybridized carbons (Fsp3) is 0.143. The van der Waals surface area contributed by atoms with Crippen LogP contribution in [0.2, 0.25) is 0 Å². The highest BCUT2D eigenvalue weighted by Crippen LogP contribution is 2.34. The van der Waals surface area contributed by atoms with Gasteiger partial charge in [0.1, 0.15) is 0 Å². The van der Waals surface area contributed by atoms with E-state index in [0.717, 1.165) is 29.0 Å². The van der Waals surface area contributed by atoms with Crippen LogP contribution in [0.1, 0.15) is 12.5 Å². The zero-order valence-electron chi connectivity index (χ0n) is 9.51. The maximum absolute atomic E-state index is 5.83. The molecule has 1 aromatic carbocycles. The van der Waals surface area contributed by atoms with Crippen LogP contribution in [0, 0.1) is 0 Å². The number of hydrogen-bond donors (Lipinski definition) is 2. The number of hydrogen-bond acceptors (Lipinski definition) is 2. The topological polar surface area (TPSA) is 38.0 Å². The molecule has 0 heterocycles. The molecule has 0 atom stereocenters. The molecule has 82 valence electrons. The van der Waals surface area contributed by atoms with E-state index in [1.165, 1.54) is 5.56 Å². The van der Waals surface area contributed by atoms with Crippen molar-refractivity contribution in [3.8, 4) is 0 Å². The molecule has 1 aliphatic carbocycles. The Morgan fingerprint density at radius 3 is 2.62 bits per heavy atom. The van der Waals surface area contributed by atoms with Crippen molar-refractivity contribution in [2.75, 3.05) is 5.32 Å². The third kappa shape index (κ3) is 1.63. The highest BCUT2D eigenvalue weighted by molar-refractivity contribution is 5.72. The fourth-order valence-corrected chi connectivity index (χ4v) is 1.72. The Kier molecular flexibility index (Phi) is 2.57. The van der Waals surface area contributed by atoms with Gasteiger partial charge < -0.3 is 11.1 Å². The van der Waals surface area contributed by atoms with Gasteiger partial charge in [-0.2, -0.15) is 0 Å². The van der Waals surface area contributed by atoms with Crippen LogP contribution in [-0.2, 0) is 6.42 Å². The number of allylic oxidation sites excluding steroid dienone is 2. The molecule has 1 aromatic rings. The Morgan fingerprint density at radius 2 is 2.00 bits per heavy atom. The van der Waals surface area contributed by atoms with Crippen molar-refractivity contribution in [3.05, 3.63) is 65.5 Å². The molecule has 2 nitrogen and oxygen atoms in total. The largest absolute Gasteiger partial charge is 0.397 e. The number of nitrogens with one attached hydrogen (secondary N) is 1. The molecule has 0 aliphatic heterocycles. The van der Waals surface area contributed by atoms with Crippen LogP contribution < -0.4 is 11.1 Å². The summed E-state index contributed by atoms with van der Waals surface area (Å²) in [5.74, 6) is 0. The van der Waals surface area contributed by atoms with E-state index in [2.05, 4.69) is 37.5 Å². The molecule has 2 rings (SSSR count). The second-order valence-corrected chi connectivity index (χ2v) is 3.92. The van der Waals surface area contributed by atoms with Crippen LogP contribution in [0.15, 0.2) is 60.0 Å². The normalized spacial score (nSPS) is 15.1. The lowest BCUT2D eigenvalue weighted by Crippen LogP contribution is -2.23. The van der Waals surface area contributed by atoms with Crippen LogP contribution in [-0.4, -0.2) is 0 Å². The number of benzene rings is 1. The minimum Gasteiger partial charge on any atom is -0.397 e. The molecule has 0 aromatic heterocycles.